The van der Waals surface area contributed by atoms with Crippen LogP contribution in [0.3, 0.4) is 0 Å². The van der Waals surface area contributed by atoms with Crippen molar-refractivity contribution in [1.82, 2.24) is 5.32 Å². The van der Waals surface area contributed by atoms with Gasteiger partial charge in [-0.1, -0.05) is 12.1 Å². The Hall–Kier alpha value is -3.01. The van der Waals surface area contributed by atoms with Gasteiger partial charge in [-0.15, -0.1) is 0 Å². The summed E-state index contributed by atoms with van der Waals surface area (Å²) in [6.07, 6.45) is 2.30. The van der Waals surface area contributed by atoms with E-state index in [1.165, 1.54) is 13.2 Å². The highest BCUT2D eigenvalue weighted by Gasteiger charge is 2.11. The first kappa shape index (κ1) is 16.0. The Morgan fingerprint density at radius 1 is 1.48 bits per heavy atom. The second-order valence-electron chi connectivity index (χ2n) is 3.77. The van der Waals surface area contributed by atoms with Crippen molar-refractivity contribution in [3.05, 3.63) is 29.8 Å². The smallest absolute Gasteiger partial charge is 0.328 e. The number of carbonyl (C=O) groups excluding carboxylic acids is 1. The van der Waals surface area contributed by atoms with Crippen LogP contribution in [-0.2, 0) is 9.59 Å². The maximum Gasteiger partial charge on any atom is 0.328 e. The fourth-order valence-electron chi connectivity index (χ4n) is 1.47. The number of ether oxygens (including phenoxy) is 2. The SMILES string of the molecule is COc1cccc(/C=C/C(=O)O)c1OCC(=O)NCC#N. The summed E-state index contributed by atoms with van der Waals surface area (Å²) in [7, 11) is 1.43. The molecule has 0 radical (unpaired) electrons. The number of methoxy groups -OCH3 is 1. The van der Waals surface area contributed by atoms with E-state index in [2.05, 4.69) is 5.32 Å². The summed E-state index contributed by atoms with van der Waals surface area (Å²) in [6.45, 7) is -0.421. The fourth-order valence-corrected chi connectivity index (χ4v) is 1.47. The van der Waals surface area contributed by atoms with Crippen molar-refractivity contribution >= 4 is 18.0 Å². The molecule has 7 nitrogen and oxygen atoms in total. The quantitative estimate of drug-likeness (QED) is 0.568. The Balaban J connectivity index is 2.90. The first-order valence-corrected chi connectivity index (χ1v) is 5.93. The van der Waals surface area contributed by atoms with Gasteiger partial charge in [0, 0.05) is 11.6 Å². The van der Waals surface area contributed by atoms with E-state index in [-0.39, 0.29) is 18.9 Å². The van der Waals surface area contributed by atoms with Crippen LogP contribution in [0.2, 0.25) is 0 Å². The van der Waals surface area contributed by atoms with E-state index in [4.69, 9.17) is 19.8 Å². The molecule has 0 spiro atoms. The number of rotatable bonds is 7. The second-order valence-corrected chi connectivity index (χ2v) is 3.77. The lowest BCUT2D eigenvalue weighted by molar-refractivity contribution is -0.131. The second kappa shape index (κ2) is 8.22. The Kier molecular flexibility index (Phi) is 6.28. The Bertz CT molecular complexity index is 590. The molecule has 0 heterocycles. The minimum absolute atomic E-state index is 0.111. The molecule has 0 unspecified atom stereocenters. The zero-order chi connectivity index (χ0) is 15.7. The van der Waals surface area contributed by atoms with Crippen molar-refractivity contribution in [1.29, 1.82) is 5.26 Å². The van der Waals surface area contributed by atoms with E-state index in [0.29, 0.717) is 11.3 Å². The van der Waals surface area contributed by atoms with Crippen molar-refractivity contribution in [3.63, 3.8) is 0 Å². The lowest BCUT2D eigenvalue weighted by Crippen LogP contribution is -2.29. The third-order valence-corrected chi connectivity index (χ3v) is 2.35. The van der Waals surface area contributed by atoms with Crippen LogP contribution in [0.25, 0.3) is 6.08 Å². The number of nitrogens with one attached hydrogen (secondary N) is 1. The summed E-state index contributed by atoms with van der Waals surface area (Å²) in [4.78, 5) is 22.0. The minimum atomic E-state index is -1.10. The zero-order valence-corrected chi connectivity index (χ0v) is 11.3. The predicted molar refractivity (Wildman–Crippen MR) is 73.8 cm³/mol. The summed E-state index contributed by atoms with van der Waals surface area (Å²) >= 11 is 0. The van der Waals surface area contributed by atoms with Crippen LogP contribution in [0, 0.1) is 11.3 Å². The van der Waals surface area contributed by atoms with Crippen molar-refractivity contribution < 1.29 is 24.2 Å². The van der Waals surface area contributed by atoms with Crippen LogP contribution in [-0.4, -0.2) is 37.2 Å². The molecule has 1 amide bonds. The summed E-state index contributed by atoms with van der Waals surface area (Å²) in [5.74, 6) is -0.939. The third-order valence-electron chi connectivity index (χ3n) is 2.35. The van der Waals surface area contributed by atoms with E-state index in [1.54, 1.807) is 24.3 Å². The summed E-state index contributed by atoms with van der Waals surface area (Å²) < 4.78 is 10.5. The van der Waals surface area contributed by atoms with Crippen LogP contribution in [0.15, 0.2) is 24.3 Å². The highest BCUT2D eigenvalue weighted by molar-refractivity contribution is 5.86. The number of carbonyl (C=O) groups is 2. The molecular weight excluding hydrogens is 276 g/mol. The van der Waals surface area contributed by atoms with E-state index in [0.717, 1.165) is 6.08 Å². The monoisotopic (exact) mass is 290 g/mol. The molecule has 21 heavy (non-hydrogen) atoms. The maximum atomic E-state index is 11.4. The number of carboxylic acids is 1. The molecule has 0 aromatic heterocycles. The number of hydrogen-bond acceptors (Lipinski definition) is 5. The van der Waals surface area contributed by atoms with E-state index in [1.807, 2.05) is 0 Å². The summed E-state index contributed by atoms with van der Waals surface area (Å²) in [5, 5.41) is 19.3. The van der Waals surface area contributed by atoms with Crippen LogP contribution in [0.1, 0.15) is 5.56 Å². The van der Waals surface area contributed by atoms with Crippen LogP contribution >= 0.6 is 0 Å². The molecule has 0 atom stereocenters. The van der Waals surface area contributed by atoms with Gasteiger partial charge in [0.25, 0.3) is 5.91 Å². The molecule has 0 aliphatic rings. The van der Waals surface area contributed by atoms with Gasteiger partial charge in [-0.05, 0) is 12.1 Å². The normalized spacial score (nSPS) is 9.90. The largest absolute Gasteiger partial charge is 0.493 e. The Labute approximate surface area is 121 Å². The molecule has 0 saturated carbocycles. The van der Waals surface area contributed by atoms with Crippen molar-refractivity contribution in [2.24, 2.45) is 0 Å². The van der Waals surface area contributed by atoms with Gasteiger partial charge in [0.1, 0.15) is 6.54 Å². The van der Waals surface area contributed by atoms with Gasteiger partial charge in [0.2, 0.25) is 0 Å². The molecule has 0 aliphatic carbocycles. The van der Waals surface area contributed by atoms with Gasteiger partial charge in [0.05, 0.1) is 13.2 Å². The first-order valence-electron chi connectivity index (χ1n) is 5.93. The number of nitrogens with zero attached hydrogens (tertiary/aromatic N) is 1. The van der Waals surface area contributed by atoms with Crippen LogP contribution < -0.4 is 14.8 Å². The van der Waals surface area contributed by atoms with Gasteiger partial charge in [0.15, 0.2) is 18.1 Å². The molecule has 2 N–H and O–H groups in total. The average molecular weight is 290 g/mol. The topological polar surface area (TPSA) is 109 Å². The molecule has 1 aromatic rings. The van der Waals surface area contributed by atoms with Crippen LogP contribution in [0.4, 0.5) is 0 Å². The van der Waals surface area contributed by atoms with Crippen molar-refractivity contribution in [3.8, 4) is 17.6 Å². The highest BCUT2D eigenvalue weighted by atomic mass is 16.5. The average Bonchev–Trinajstić information content (AvgIpc) is 2.48. The number of benzene rings is 1. The first-order chi connectivity index (χ1) is 10.1. The van der Waals surface area contributed by atoms with Gasteiger partial charge in [-0.2, -0.15) is 5.26 Å². The highest BCUT2D eigenvalue weighted by Crippen LogP contribution is 2.31. The maximum absolute atomic E-state index is 11.4. The molecule has 0 bridgehead atoms. The predicted octanol–water partition coefficient (Wildman–Crippen LogP) is 0.812. The molecular formula is C14H14N2O5. The van der Waals surface area contributed by atoms with E-state index in [9.17, 15) is 9.59 Å². The fraction of sp³-hybridized carbons (Fsp3) is 0.214. The lowest BCUT2D eigenvalue weighted by atomic mass is 10.1. The number of aliphatic carboxylic acids is 1. The van der Waals surface area contributed by atoms with Crippen molar-refractivity contribution in [2.75, 3.05) is 20.3 Å². The Morgan fingerprint density at radius 2 is 2.24 bits per heavy atom. The zero-order valence-electron chi connectivity index (χ0n) is 11.3. The lowest BCUT2D eigenvalue weighted by Gasteiger charge is -2.12. The van der Waals surface area contributed by atoms with E-state index >= 15 is 0 Å². The third kappa shape index (κ3) is 5.24. The minimum Gasteiger partial charge on any atom is -0.493 e. The Morgan fingerprint density at radius 3 is 2.86 bits per heavy atom. The standard InChI is InChI=1S/C14H14N2O5/c1-20-11-4-2-3-10(5-6-13(18)19)14(11)21-9-12(17)16-8-7-15/h2-6H,8-9H2,1H3,(H,16,17)(H,18,19)/b6-5+. The number of para-hydroxylation sites is 1. The number of nitriles is 1. The summed E-state index contributed by atoms with van der Waals surface area (Å²) in [5.41, 5.74) is 0.463. The van der Waals surface area contributed by atoms with Gasteiger partial charge >= 0.3 is 5.97 Å². The number of hydrogen-bond donors (Lipinski definition) is 2. The molecule has 1 aromatic carbocycles. The van der Waals surface area contributed by atoms with Crippen molar-refractivity contribution in [2.45, 2.75) is 0 Å². The molecule has 0 saturated heterocycles. The van der Waals surface area contributed by atoms with E-state index < -0.39 is 11.9 Å². The summed E-state index contributed by atoms with van der Waals surface area (Å²) in [6, 6.07) is 6.70. The molecule has 0 aliphatic heterocycles. The molecule has 0 fully saturated rings. The number of carboxylic acid groups (broad SMARTS) is 1. The van der Waals surface area contributed by atoms with Gasteiger partial charge in [-0.25, -0.2) is 4.79 Å². The van der Waals surface area contributed by atoms with Gasteiger partial charge in [-0.3, -0.25) is 4.79 Å². The van der Waals surface area contributed by atoms with Gasteiger partial charge < -0.3 is 19.9 Å². The number of amides is 1. The van der Waals surface area contributed by atoms with Crippen LogP contribution in [0.5, 0.6) is 11.5 Å². The molecule has 1 rings (SSSR count). The molecule has 110 valence electrons. The molecule has 7 heteroatoms.